The van der Waals surface area contributed by atoms with E-state index in [0.717, 1.165) is 17.1 Å². The van der Waals surface area contributed by atoms with Crippen molar-refractivity contribution in [3.05, 3.63) is 70.8 Å². The largest absolute Gasteiger partial charge is 0.319 e. The van der Waals surface area contributed by atoms with Gasteiger partial charge in [0.15, 0.2) is 0 Å². The van der Waals surface area contributed by atoms with Gasteiger partial charge in [0.1, 0.15) is 5.69 Å². The summed E-state index contributed by atoms with van der Waals surface area (Å²) in [5.41, 5.74) is 3.63. The number of nitrogens with zero attached hydrogens (tertiary/aromatic N) is 3. The summed E-state index contributed by atoms with van der Waals surface area (Å²) in [6.45, 7) is 3.90. The highest BCUT2D eigenvalue weighted by Crippen LogP contribution is 2.22. The van der Waals surface area contributed by atoms with Gasteiger partial charge in [0.2, 0.25) is 0 Å². The Labute approximate surface area is 138 Å². The number of anilines is 1. The van der Waals surface area contributed by atoms with Gasteiger partial charge in [0.25, 0.3) is 5.91 Å². The number of rotatable bonds is 3. The molecule has 3 rings (SSSR count). The number of pyridine rings is 1. The molecule has 0 atom stereocenters. The lowest BCUT2D eigenvalue weighted by atomic mass is 10.2. The molecule has 0 unspecified atom stereocenters. The SMILES string of the molecule is Cc1cc(C)n(-c2ccccc2NC(=O)c2cc(Cl)ccn2)n1. The number of nitrogens with one attached hydrogen (secondary N) is 1. The lowest BCUT2D eigenvalue weighted by molar-refractivity contribution is 0.102. The van der Waals surface area contributed by atoms with Crippen LogP contribution in [0.3, 0.4) is 0 Å². The summed E-state index contributed by atoms with van der Waals surface area (Å²) in [4.78, 5) is 16.4. The van der Waals surface area contributed by atoms with Crippen molar-refractivity contribution in [3.63, 3.8) is 0 Å². The van der Waals surface area contributed by atoms with Crippen LogP contribution in [-0.4, -0.2) is 20.7 Å². The third-order valence-electron chi connectivity index (χ3n) is 3.34. The molecule has 2 aromatic heterocycles. The maximum absolute atomic E-state index is 12.4. The van der Waals surface area contributed by atoms with Crippen molar-refractivity contribution in [3.8, 4) is 5.69 Å². The maximum atomic E-state index is 12.4. The van der Waals surface area contributed by atoms with Crippen LogP contribution in [0.25, 0.3) is 5.69 Å². The van der Waals surface area contributed by atoms with Gasteiger partial charge in [-0.1, -0.05) is 23.7 Å². The molecular weight excluding hydrogens is 312 g/mol. The lowest BCUT2D eigenvalue weighted by Crippen LogP contribution is -2.15. The van der Waals surface area contributed by atoms with Gasteiger partial charge in [-0.3, -0.25) is 9.78 Å². The van der Waals surface area contributed by atoms with Crippen molar-refractivity contribution in [2.24, 2.45) is 0 Å². The Balaban J connectivity index is 1.95. The van der Waals surface area contributed by atoms with Crippen molar-refractivity contribution in [1.82, 2.24) is 14.8 Å². The Morgan fingerprint density at radius 1 is 1.17 bits per heavy atom. The maximum Gasteiger partial charge on any atom is 0.274 e. The molecule has 5 nitrogen and oxygen atoms in total. The Kier molecular flexibility index (Phi) is 4.12. The number of amides is 1. The van der Waals surface area contributed by atoms with Crippen LogP contribution in [0, 0.1) is 13.8 Å². The second kappa shape index (κ2) is 6.22. The first-order valence-corrected chi connectivity index (χ1v) is 7.48. The molecule has 0 aliphatic carbocycles. The Bertz CT molecular complexity index is 873. The van der Waals surface area contributed by atoms with E-state index in [0.29, 0.717) is 10.7 Å². The summed E-state index contributed by atoms with van der Waals surface area (Å²) in [7, 11) is 0. The van der Waals surface area contributed by atoms with E-state index in [4.69, 9.17) is 11.6 Å². The van der Waals surface area contributed by atoms with Gasteiger partial charge in [-0.2, -0.15) is 5.10 Å². The molecule has 23 heavy (non-hydrogen) atoms. The molecule has 0 aliphatic rings. The average Bonchev–Trinajstić information content (AvgIpc) is 2.86. The molecule has 0 bridgehead atoms. The van der Waals surface area contributed by atoms with Gasteiger partial charge in [0.05, 0.1) is 17.1 Å². The fourth-order valence-corrected chi connectivity index (χ4v) is 2.51. The predicted octanol–water partition coefficient (Wildman–Crippen LogP) is 3.79. The third-order valence-corrected chi connectivity index (χ3v) is 3.58. The molecule has 1 aromatic carbocycles. The smallest absolute Gasteiger partial charge is 0.274 e. The summed E-state index contributed by atoms with van der Waals surface area (Å²) in [5, 5.41) is 7.80. The second-order valence-corrected chi connectivity index (χ2v) is 5.61. The first kappa shape index (κ1) is 15.2. The number of carbonyl (C=O) groups is 1. The molecule has 0 aliphatic heterocycles. The van der Waals surface area contributed by atoms with Crippen molar-refractivity contribution < 1.29 is 4.79 Å². The van der Waals surface area contributed by atoms with Crippen LogP contribution in [0.2, 0.25) is 5.02 Å². The second-order valence-electron chi connectivity index (χ2n) is 5.17. The first-order chi connectivity index (χ1) is 11.0. The minimum absolute atomic E-state index is 0.265. The van der Waals surface area contributed by atoms with Crippen LogP contribution in [0.4, 0.5) is 5.69 Å². The van der Waals surface area contributed by atoms with E-state index < -0.39 is 0 Å². The van der Waals surface area contributed by atoms with Gasteiger partial charge in [-0.05, 0) is 44.2 Å². The molecular formula is C17H15ClN4O. The molecule has 3 aromatic rings. The minimum Gasteiger partial charge on any atom is -0.319 e. The number of halogens is 1. The number of hydrogen-bond donors (Lipinski definition) is 1. The van der Waals surface area contributed by atoms with E-state index in [1.165, 1.54) is 12.3 Å². The van der Waals surface area contributed by atoms with Crippen LogP contribution in [0.15, 0.2) is 48.7 Å². The molecule has 0 saturated carbocycles. The van der Waals surface area contributed by atoms with E-state index in [2.05, 4.69) is 15.4 Å². The Hall–Kier alpha value is -2.66. The topological polar surface area (TPSA) is 59.8 Å². The number of carbonyl (C=O) groups excluding carboxylic acids is 1. The highest BCUT2D eigenvalue weighted by Gasteiger charge is 2.13. The van der Waals surface area contributed by atoms with Crippen molar-refractivity contribution in [2.75, 3.05) is 5.32 Å². The molecule has 0 fully saturated rings. The highest BCUT2D eigenvalue weighted by molar-refractivity contribution is 6.31. The van der Waals surface area contributed by atoms with Crippen LogP contribution >= 0.6 is 11.6 Å². The molecule has 1 amide bonds. The third kappa shape index (κ3) is 3.24. The van der Waals surface area contributed by atoms with E-state index in [1.807, 2.05) is 44.2 Å². The molecule has 1 N–H and O–H groups in total. The monoisotopic (exact) mass is 326 g/mol. The fraction of sp³-hybridized carbons (Fsp3) is 0.118. The van der Waals surface area contributed by atoms with Gasteiger partial charge in [-0.15, -0.1) is 0 Å². The van der Waals surface area contributed by atoms with Crippen LogP contribution < -0.4 is 5.32 Å². The molecule has 0 spiro atoms. The molecule has 6 heteroatoms. The molecule has 0 radical (unpaired) electrons. The summed E-state index contributed by atoms with van der Waals surface area (Å²) in [6.07, 6.45) is 1.50. The number of hydrogen-bond acceptors (Lipinski definition) is 3. The fourth-order valence-electron chi connectivity index (χ4n) is 2.35. The van der Waals surface area contributed by atoms with Crippen LogP contribution in [0.5, 0.6) is 0 Å². The highest BCUT2D eigenvalue weighted by atomic mass is 35.5. The Morgan fingerprint density at radius 2 is 1.96 bits per heavy atom. The van der Waals surface area contributed by atoms with E-state index >= 15 is 0 Å². The quantitative estimate of drug-likeness (QED) is 0.796. The standard InChI is InChI=1S/C17H15ClN4O/c1-11-9-12(2)22(21-11)16-6-4-3-5-14(16)20-17(23)15-10-13(18)7-8-19-15/h3-10H,1-2H3,(H,20,23). The zero-order chi connectivity index (χ0) is 16.4. The number of aryl methyl sites for hydroxylation is 2. The lowest BCUT2D eigenvalue weighted by Gasteiger charge is -2.12. The predicted molar refractivity (Wildman–Crippen MR) is 90.2 cm³/mol. The summed E-state index contributed by atoms with van der Waals surface area (Å²) >= 11 is 5.91. The first-order valence-electron chi connectivity index (χ1n) is 7.10. The summed E-state index contributed by atoms with van der Waals surface area (Å²) in [6, 6.07) is 12.6. The van der Waals surface area contributed by atoms with Crippen LogP contribution in [0.1, 0.15) is 21.9 Å². The van der Waals surface area contributed by atoms with E-state index in [1.54, 1.807) is 10.7 Å². The summed E-state index contributed by atoms with van der Waals surface area (Å²) < 4.78 is 1.80. The number of benzene rings is 1. The normalized spacial score (nSPS) is 10.6. The average molecular weight is 327 g/mol. The summed E-state index contributed by atoms with van der Waals surface area (Å²) in [5.74, 6) is -0.318. The van der Waals surface area contributed by atoms with Crippen molar-refractivity contribution >= 4 is 23.2 Å². The molecule has 0 saturated heterocycles. The van der Waals surface area contributed by atoms with Crippen LogP contribution in [-0.2, 0) is 0 Å². The zero-order valence-electron chi connectivity index (χ0n) is 12.7. The molecule has 116 valence electrons. The van der Waals surface area contributed by atoms with Gasteiger partial charge < -0.3 is 5.32 Å². The zero-order valence-corrected chi connectivity index (χ0v) is 13.5. The van der Waals surface area contributed by atoms with E-state index in [9.17, 15) is 4.79 Å². The molecule has 2 heterocycles. The van der Waals surface area contributed by atoms with Crippen molar-refractivity contribution in [2.45, 2.75) is 13.8 Å². The van der Waals surface area contributed by atoms with E-state index in [-0.39, 0.29) is 11.6 Å². The number of aromatic nitrogens is 3. The van der Waals surface area contributed by atoms with Gasteiger partial charge >= 0.3 is 0 Å². The van der Waals surface area contributed by atoms with Crippen molar-refractivity contribution in [1.29, 1.82) is 0 Å². The Morgan fingerprint density at radius 3 is 2.65 bits per heavy atom. The van der Waals surface area contributed by atoms with Gasteiger partial charge in [-0.25, -0.2) is 4.68 Å². The minimum atomic E-state index is -0.318. The van der Waals surface area contributed by atoms with Gasteiger partial charge in [0, 0.05) is 16.9 Å². The number of para-hydroxylation sites is 2.